The van der Waals surface area contributed by atoms with Crippen molar-refractivity contribution in [2.75, 3.05) is 18.6 Å². The molecule has 7 heteroatoms. The zero-order valence-corrected chi connectivity index (χ0v) is 22.4. The number of anilines is 1. The Balaban J connectivity index is 1.51. The lowest BCUT2D eigenvalue weighted by Gasteiger charge is -2.49. The van der Waals surface area contributed by atoms with Gasteiger partial charge in [-0.05, 0) is 42.0 Å². The van der Waals surface area contributed by atoms with Crippen LogP contribution in [-0.2, 0) is 10.2 Å². The van der Waals surface area contributed by atoms with Crippen LogP contribution < -0.4 is 15.0 Å². The van der Waals surface area contributed by atoms with E-state index in [1.54, 1.807) is 7.11 Å². The largest absolute Gasteiger partial charge is 0.495 e. The Bertz CT molecular complexity index is 1560. The molecule has 1 aromatic heterocycles. The Morgan fingerprint density at radius 3 is 2.61 bits per heavy atom. The second-order valence-electron chi connectivity index (χ2n) is 10.3. The predicted octanol–water partition coefficient (Wildman–Crippen LogP) is 6.23. The molecule has 0 spiro atoms. The number of rotatable bonds is 5. The molecule has 1 N–H and O–H groups in total. The van der Waals surface area contributed by atoms with Crippen molar-refractivity contribution in [3.8, 4) is 22.7 Å². The number of hydrogen-bond donors (Lipinski definition) is 1. The van der Waals surface area contributed by atoms with E-state index in [9.17, 15) is 4.79 Å². The van der Waals surface area contributed by atoms with Gasteiger partial charge in [0.15, 0.2) is 0 Å². The smallest absolute Gasteiger partial charge is 0.223 e. The van der Waals surface area contributed by atoms with Crippen molar-refractivity contribution in [1.29, 1.82) is 0 Å². The maximum atomic E-state index is 12.8. The molecule has 3 aromatic carbocycles. The van der Waals surface area contributed by atoms with E-state index in [0.29, 0.717) is 23.7 Å². The topological polar surface area (TPSA) is 59.4 Å². The minimum atomic E-state index is -0.712. The number of nitrogens with zero attached hydrogens (tertiary/aromatic N) is 3. The molecular weight excluding hydrogens is 496 g/mol. The third kappa shape index (κ3) is 3.71. The normalized spacial score (nSPS) is 19.8. The lowest BCUT2D eigenvalue weighted by atomic mass is 9.74. The van der Waals surface area contributed by atoms with Crippen LogP contribution in [0.4, 0.5) is 5.69 Å². The van der Waals surface area contributed by atoms with Gasteiger partial charge < -0.3 is 15.0 Å². The number of carbonyl (C=O) groups is 1. The number of carbonyl (C=O) groups excluding carboxylic acids is 1. The Kier molecular flexibility index (Phi) is 5.80. The molecule has 1 atom stereocenters. The fourth-order valence-corrected chi connectivity index (χ4v) is 5.98. The Morgan fingerprint density at radius 2 is 1.82 bits per heavy atom. The molecule has 0 bridgehead atoms. The number of halogens is 1. The van der Waals surface area contributed by atoms with Crippen molar-refractivity contribution >= 4 is 29.3 Å². The van der Waals surface area contributed by atoms with Gasteiger partial charge in [-0.1, -0.05) is 74.0 Å². The summed E-state index contributed by atoms with van der Waals surface area (Å²) in [7, 11) is 1.60. The van der Waals surface area contributed by atoms with Crippen molar-refractivity contribution in [3.63, 3.8) is 0 Å². The molecule has 0 saturated carbocycles. The number of hydrogen-bond acceptors (Lipinski definition) is 4. The summed E-state index contributed by atoms with van der Waals surface area (Å²) in [6.45, 7) is 5.04. The summed E-state index contributed by atoms with van der Waals surface area (Å²) in [5, 5.41) is 8.86. The van der Waals surface area contributed by atoms with Crippen LogP contribution in [0.5, 0.6) is 5.75 Å². The highest BCUT2D eigenvalue weighted by molar-refractivity contribution is 6.32. The molecule has 0 aliphatic carbocycles. The summed E-state index contributed by atoms with van der Waals surface area (Å²) in [5.74, 6) is 0.638. The first kappa shape index (κ1) is 24.3. The van der Waals surface area contributed by atoms with Gasteiger partial charge in [-0.2, -0.15) is 5.10 Å². The van der Waals surface area contributed by atoms with Gasteiger partial charge >= 0.3 is 0 Å². The van der Waals surface area contributed by atoms with Gasteiger partial charge in [0.2, 0.25) is 5.91 Å². The number of fused-ring (bicyclic) bond motifs is 3. The SMILES string of the molecule is COc1cc(-c2nn(-c3ccccc3)cc2/C=C/C23NC(=O)CCN2c2ccccc2C3(C)C)ccc1Cl. The Morgan fingerprint density at radius 1 is 1.05 bits per heavy atom. The van der Waals surface area contributed by atoms with Crippen molar-refractivity contribution in [2.45, 2.75) is 31.3 Å². The summed E-state index contributed by atoms with van der Waals surface area (Å²) in [6, 6.07) is 24.1. The highest BCUT2D eigenvalue weighted by Gasteiger charge is 2.57. The van der Waals surface area contributed by atoms with Crippen LogP contribution in [0, 0.1) is 0 Å². The second kappa shape index (κ2) is 9.07. The molecule has 4 aromatic rings. The van der Waals surface area contributed by atoms with Crippen LogP contribution in [0.3, 0.4) is 0 Å². The average Bonchev–Trinajstić information content (AvgIpc) is 3.44. The highest BCUT2D eigenvalue weighted by atomic mass is 35.5. The fraction of sp³-hybridized carbons (Fsp3) is 0.226. The number of methoxy groups -OCH3 is 1. The summed E-state index contributed by atoms with van der Waals surface area (Å²) < 4.78 is 7.36. The van der Waals surface area contributed by atoms with Gasteiger partial charge in [0, 0.05) is 41.4 Å². The first-order valence-corrected chi connectivity index (χ1v) is 13.1. The molecule has 6 nitrogen and oxygen atoms in total. The molecule has 1 fully saturated rings. The molecule has 1 unspecified atom stereocenters. The summed E-state index contributed by atoms with van der Waals surface area (Å²) in [6.07, 6.45) is 6.69. The van der Waals surface area contributed by atoms with E-state index in [0.717, 1.165) is 28.2 Å². The van der Waals surface area contributed by atoms with E-state index in [1.807, 2.05) is 59.4 Å². The quantitative estimate of drug-likeness (QED) is 0.336. The van der Waals surface area contributed by atoms with Crippen LogP contribution in [0.25, 0.3) is 23.0 Å². The van der Waals surface area contributed by atoms with E-state index < -0.39 is 5.66 Å². The zero-order chi connectivity index (χ0) is 26.5. The number of para-hydroxylation sites is 2. The van der Waals surface area contributed by atoms with E-state index in [-0.39, 0.29) is 11.3 Å². The molecule has 6 rings (SSSR count). The third-order valence-electron chi connectivity index (χ3n) is 7.83. The van der Waals surface area contributed by atoms with E-state index in [2.05, 4.69) is 60.5 Å². The van der Waals surface area contributed by atoms with Gasteiger partial charge in [0.1, 0.15) is 17.1 Å². The number of nitrogens with one attached hydrogen (secondary N) is 1. The summed E-state index contributed by atoms with van der Waals surface area (Å²) in [4.78, 5) is 15.2. The molecule has 38 heavy (non-hydrogen) atoms. The van der Waals surface area contributed by atoms with Crippen LogP contribution in [-0.4, -0.2) is 35.0 Å². The van der Waals surface area contributed by atoms with Crippen LogP contribution in [0.2, 0.25) is 5.02 Å². The molecule has 3 heterocycles. The van der Waals surface area contributed by atoms with Gasteiger partial charge in [0.25, 0.3) is 0 Å². The Hall–Kier alpha value is -4.03. The molecule has 2 aliphatic heterocycles. The molecule has 192 valence electrons. The maximum absolute atomic E-state index is 12.8. The number of aromatic nitrogens is 2. The number of benzene rings is 3. The molecule has 2 aliphatic rings. The minimum Gasteiger partial charge on any atom is -0.495 e. The number of amides is 1. The van der Waals surface area contributed by atoms with Crippen LogP contribution in [0.1, 0.15) is 31.4 Å². The highest BCUT2D eigenvalue weighted by Crippen LogP contribution is 2.52. The maximum Gasteiger partial charge on any atom is 0.223 e. The lowest BCUT2D eigenvalue weighted by molar-refractivity contribution is -0.124. The van der Waals surface area contributed by atoms with Gasteiger partial charge in [-0.15, -0.1) is 0 Å². The molecule has 1 amide bonds. The molecular formula is C31H29ClN4O2. The van der Waals surface area contributed by atoms with Crippen molar-refractivity contribution < 1.29 is 9.53 Å². The van der Waals surface area contributed by atoms with Gasteiger partial charge in [0.05, 0.1) is 17.8 Å². The van der Waals surface area contributed by atoms with Crippen LogP contribution in [0.15, 0.2) is 85.1 Å². The molecule has 0 radical (unpaired) electrons. The first-order valence-electron chi connectivity index (χ1n) is 12.7. The minimum absolute atomic E-state index is 0.0504. The summed E-state index contributed by atoms with van der Waals surface area (Å²) in [5.41, 5.74) is 4.84. The average molecular weight is 525 g/mol. The summed E-state index contributed by atoms with van der Waals surface area (Å²) >= 11 is 6.33. The lowest BCUT2D eigenvalue weighted by Crippen LogP contribution is -2.68. The van der Waals surface area contributed by atoms with Gasteiger partial charge in [-0.25, -0.2) is 4.68 Å². The van der Waals surface area contributed by atoms with Crippen molar-refractivity contribution in [2.24, 2.45) is 0 Å². The standard InChI is InChI=1S/C31H29ClN4O2/c1-30(2)24-11-7-8-12-26(24)35-18-16-28(37)33-31(30,35)17-15-22-20-36(23-9-5-4-6-10-23)34-29(22)21-13-14-25(32)27(19-21)38-3/h4-15,17,19-20H,16,18H2,1-3H3,(H,33,37)/b17-15+. The second-order valence-corrected chi connectivity index (χ2v) is 10.7. The van der Waals surface area contributed by atoms with E-state index in [4.69, 9.17) is 21.4 Å². The number of ether oxygens (including phenoxy) is 1. The Labute approximate surface area is 227 Å². The van der Waals surface area contributed by atoms with Crippen molar-refractivity contribution in [3.05, 3.63) is 101 Å². The molecule has 1 saturated heterocycles. The first-order chi connectivity index (χ1) is 18.3. The zero-order valence-electron chi connectivity index (χ0n) is 21.6. The fourth-order valence-electron chi connectivity index (χ4n) is 5.78. The van der Waals surface area contributed by atoms with Gasteiger partial charge in [-0.3, -0.25) is 4.79 Å². The predicted molar refractivity (Wildman–Crippen MR) is 152 cm³/mol. The monoisotopic (exact) mass is 524 g/mol. The van der Waals surface area contributed by atoms with Crippen molar-refractivity contribution in [1.82, 2.24) is 15.1 Å². The van der Waals surface area contributed by atoms with E-state index >= 15 is 0 Å². The van der Waals surface area contributed by atoms with Crippen LogP contribution >= 0.6 is 11.6 Å². The van der Waals surface area contributed by atoms with E-state index in [1.165, 1.54) is 5.56 Å². The third-order valence-corrected chi connectivity index (χ3v) is 8.14.